The van der Waals surface area contributed by atoms with Gasteiger partial charge in [0.25, 0.3) is 5.91 Å². The smallest absolute Gasteiger partial charge is 0.467 e. The molecule has 34 heavy (non-hydrogen) atoms. The highest BCUT2D eigenvalue weighted by molar-refractivity contribution is 7.88. The number of methoxy groups -OCH3 is 1. The molecular weight excluding hydrogens is 526 g/mol. The molecule has 0 aliphatic carbocycles. The number of Topliss-reactive ketones (excluding diaryl/α,β-unsaturated/α-hetero) is 1. The van der Waals surface area contributed by atoms with Crippen LogP contribution in [-0.2, 0) is 26.1 Å². The Balaban J connectivity index is 2.37. The molecule has 1 atom stereocenters. The summed E-state index contributed by atoms with van der Waals surface area (Å²) in [7, 11) is -4.96. The largest absolute Gasteiger partial charge is 0.534 e. The number of hydrogen-bond acceptors (Lipinski definition) is 7. The molecule has 2 aromatic carbocycles. The fraction of sp³-hybridized carbons (Fsp3) is 0.250. The van der Waals surface area contributed by atoms with Crippen molar-refractivity contribution in [3.63, 3.8) is 0 Å². The minimum atomic E-state index is -6.02. The Morgan fingerprint density at radius 3 is 2.18 bits per heavy atom. The first-order valence-corrected chi connectivity index (χ1v) is 11.3. The summed E-state index contributed by atoms with van der Waals surface area (Å²) in [4.78, 5) is 36.8. The maximum Gasteiger partial charge on any atom is 0.534 e. The number of alkyl halides is 3. The minimum absolute atomic E-state index is 0.0138. The summed E-state index contributed by atoms with van der Waals surface area (Å²) in [6.07, 6.45) is -0.285. The number of rotatable bonds is 8. The normalized spacial score (nSPS) is 12.6. The summed E-state index contributed by atoms with van der Waals surface area (Å²) >= 11 is 12.0. The van der Waals surface area contributed by atoms with E-state index in [4.69, 9.17) is 23.2 Å². The third-order valence-electron chi connectivity index (χ3n) is 4.33. The second kappa shape index (κ2) is 10.6. The van der Waals surface area contributed by atoms with Crippen molar-refractivity contribution < 1.29 is 44.9 Å². The number of hydrogen-bond donors (Lipinski definition) is 1. The predicted octanol–water partition coefficient (Wildman–Crippen LogP) is 3.94. The highest BCUT2D eigenvalue weighted by atomic mass is 35.5. The van der Waals surface area contributed by atoms with E-state index in [0.717, 1.165) is 32.2 Å². The molecule has 1 amide bonds. The van der Waals surface area contributed by atoms with Gasteiger partial charge in [-0.05, 0) is 36.8 Å². The average molecular weight is 542 g/mol. The van der Waals surface area contributed by atoms with E-state index >= 15 is 0 Å². The summed E-state index contributed by atoms with van der Waals surface area (Å²) < 4.78 is 69.3. The minimum Gasteiger partial charge on any atom is -0.467 e. The Morgan fingerprint density at radius 1 is 1.09 bits per heavy atom. The summed E-state index contributed by atoms with van der Waals surface area (Å²) in [6, 6.07) is 5.98. The number of carbonyl (C=O) groups excluding carboxylic acids is 3. The molecule has 2 rings (SSSR count). The number of halogens is 5. The van der Waals surface area contributed by atoms with Crippen molar-refractivity contribution in [1.82, 2.24) is 5.32 Å². The number of nitrogens with one attached hydrogen (secondary N) is 1. The summed E-state index contributed by atoms with van der Waals surface area (Å²) in [5.74, 6) is -3.36. The van der Waals surface area contributed by atoms with E-state index in [0.29, 0.717) is 0 Å². The van der Waals surface area contributed by atoms with Crippen molar-refractivity contribution in [3.05, 3.63) is 63.1 Å². The van der Waals surface area contributed by atoms with Gasteiger partial charge < -0.3 is 14.2 Å². The van der Waals surface area contributed by atoms with Crippen LogP contribution in [0.4, 0.5) is 13.2 Å². The van der Waals surface area contributed by atoms with E-state index in [1.807, 2.05) is 0 Å². The monoisotopic (exact) mass is 541 g/mol. The zero-order valence-electron chi connectivity index (χ0n) is 17.4. The maximum atomic E-state index is 12.7. The SMILES string of the molecule is COC(=O)[C@H](Cc1ccc(OS(=O)(=O)C(F)(F)F)c(C(C)=O)c1)NC(=O)c1c(Cl)cccc1Cl. The van der Waals surface area contributed by atoms with Crippen LogP contribution in [0.2, 0.25) is 10.0 Å². The molecule has 14 heteroatoms. The van der Waals surface area contributed by atoms with Gasteiger partial charge in [-0.25, -0.2) is 4.79 Å². The predicted molar refractivity (Wildman–Crippen MR) is 115 cm³/mol. The van der Waals surface area contributed by atoms with Gasteiger partial charge in [0.05, 0.1) is 28.3 Å². The molecule has 0 spiro atoms. The van der Waals surface area contributed by atoms with Crippen LogP contribution in [0, 0.1) is 0 Å². The molecular formula is C20H16Cl2F3NO7S. The van der Waals surface area contributed by atoms with Gasteiger partial charge in [0.15, 0.2) is 11.5 Å². The first-order valence-electron chi connectivity index (χ1n) is 9.15. The Bertz CT molecular complexity index is 1210. The lowest BCUT2D eigenvalue weighted by molar-refractivity contribution is -0.142. The maximum absolute atomic E-state index is 12.7. The van der Waals surface area contributed by atoms with Crippen LogP contribution in [0.25, 0.3) is 0 Å². The van der Waals surface area contributed by atoms with E-state index in [-0.39, 0.29) is 27.6 Å². The Morgan fingerprint density at radius 2 is 1.68 bits per heavy atom. The quantitative estimate of drug-likeness (QED) is 0.233. The number of ketones is 1. The highest BCUT2D eigenvalue weighted by Gasteiger charge is 2.49. The second-order valence-electron chi connectivity index (χ2n) is 6.72. The van der Waals surface area contributed by atoms with Gasteiger partial charge >= 0.3 is 21.6 Å². The lowest BCUT2D eigenvalue weighted by atomic mass is 10.0. The molecule has 0 aliphatic heterocycles. The third kappa shape index (κ3) is 6.39. The van der Waals surface area contributed by atoms with Crippen molar-refractivity contribution in [2.45, 2.75) is 24.9 Å². The Kier molecular flexibility index (Phi) is 8.56. The van der Waals surface area contributed by atoms with Crippen LogP contribution in [0.15, 0.2) is 36.4 Å². The van der Waals surface area contributed by atoms with Gasteiger partial charge in [-0.2, -0.15) is 21.6 Å². The van der Waals surface area contributed by atoms with E-state index < -0.39 is 50.6 Å². The van der Waals surface area contributed by atoms with Crippen molar-refractivity contribution in [2.24, 2.45) is 0 Å². The molecule has 1 N–H and O–H groups in total. The fourth-order valence-corrected chi connectivity index (χ4v) is 3.78. The number of esters is 1. The van der Waals surface area contributed by atoms with Gasteiger partial charge in [0, 0.05) is 6.42 Å². The zero-order chi connectivity index (χ0) is 25.8. The molecule has 0 aliphatic rings. The highest BCUT2D eigenvalue weighted by Crippen LogP contribution is 2.30. The van der Waals surface area contributed by atoms with Gasteiger partial charge in [0.1, 0.15) is 6.04 Å². The van der Waals surface area contributed by atoms with E-state index in [1.165, 1.54) is 18.2 Å². The first-order chi connectivity index (χ1) is 15.7. The summed E-state index contributed by atoms with van der Waals surface area (Å²) in [6.45, 7) is 0.977. The number of benzene rings is 2. The molecule has 2 aromatic rings. The van der Waals surface area contributed by atoms with Gasteiger partial charge in [0.2, 0.25) is 0 Å². The topological polar surface area (TPSA) is 116 Å². The van der Waals surface area contributed by atoms with Crippen LogP contribution in [-0.4, -0.2) is 44.7 Å². The third-order valence-corrected chi connectivity index (χ3v) is 5.92. The van der Waals surface area contributed by atoms with Crippen molar-refractivity contribution in [2.75, 3.05) is 7.11 Å². The van der Waals surface area contributed by atoms with E-state index in [9.17, 15) is 36.0 Å². The van der Waals surface area contributed by atoms with Crippen molar-refractivity contribution >= 4 is 51.0 Å². The number of amides is 1. The second-order valence-corrected chi connectivity index (χ2v) is 9.07. The number of carbonyl (C=O) groups is 3. The Hall–Kier alpha value is -2.83. The van der Waals surface area contributed by atoms with Crippen molar-refractivity contribution in [1.29, 1.82) is 0 Å². The molecule has 0 saturated carbocycles. The molecule has 0 fully saturated rings. The molecule has 8 nitrogen and oxygen atoms in total. The molecule has 0 heterocycles. The molecule has 0 bridgehead atoms. The number of ether oxygens (including phenoxy) is 1. The molecule has 0 radical (unpaired) electrons. The standard InChI is InChI=1S/C20H16Cl2F3NO7S/c1-10(27)12-8-11(6-7-16(12)33-34(30,31)20(23,24)25)9-15(19(29)32-2)26-18(28)17-13(21)4-3-5-14(17)22/h3-8,15H,9H2,1-2H3,(H,26,28)/t15-/m0/s1. The zero-order valence-corrected chi connectivity index (χ0v) is 19.7. The molecule has 184 valence electrons. The van der Waals surface area contributed by atoms with Crippen LogP contribution < -0.4 is 9.50 Å². The fourth-order valence-electron chi connectivity index (χ4n) is 2.73. The Labute approximate surface area is 202 Å². The first kappa shape index (κ1) is 27.4. The van der Waals surface area contributed by atoms with E-state index in [2.05, 4.69) is 14.2 Å². The molecule has 0 aromatic heterocycles. The van der Waals surface area contributed by atoms with Crippen LogP contribution >= 0.6 is 23.2 Å². The van der Waals surface area contributed by atoms with Gasteiger partial charge in [-0.3, -0.25) is 9.59 Å². The van der Waals surface area contributed by atoms with Crippen molar-refractivity contribution in [3.8, 4) is 5.75 Å². The van der Waals surface area contributed by atoms with Gasteiger partial charge in [-0.1, -0.05) is 35.3 Å². The van der Waals surface area contributed by atoms with Crippen LogP contribution in [0.1, 0.15) is 33.2 Å². The molecule has 0 unspecified atom stereocenters. The lowest BCUT2D eigenvalue weighted by Gasteiger charge is -2.18. The average Bonchev–Trinajstić information content (AvgIpc) is 2.72. The van der Waals surface area contributed by atoms with Gasteiger partial charge in [-0.15, -0.1) is 0 Å². The van der Waals surface area contributed by atoms with E-state index in [1.54, 1.807) is 0 Å². The van der Waals surface area contributed by atoms with Crippen LogP contribution in [0.3, 0.4) is 0 Å². The summed E-state index contributed by atoms with van der Waals surface area (Å²) in [5.41, 5.74) is -6.14. The molecule has 0 saturated heterocycles. The lowest BCUT2D eigenvalue weighted by Crippen LogP contribution is -2.43. The summed E-state index contributed by atoms with van der Waals surface area (Å²) in [5, 5.41) is 2.42. The van der Waals surface area contributed by atoms with Crippen LogP contribution in [0.5, 0.6) is 5.75 Å².